The minimum atomic E-state index is 0.0678. The van der Waals surface area contributed by atoms with Crippen molar-refractivity contribution in [1.82, 2.24) is 4.57 Å². The Kier molecular flexibility index (Phi) is 3.95. The van der Waals surface area contributed by atoms with Gasteiger partial charge in [0.2, 0.25) is 0 Å². The molecule has 112 valence electrons. The van der Waals surface area contributed by atoms with Crippen LogP contribution in [0.3, 0.4) is 0 Å². The fourth-order valence-electron chi connectivity index (χ4n) is 3.37. The molecule has 4 nitrogen and oxygen atoms in total. The molecule has 1 fully saturated rings. The van der Waals surface area contributed by atoms with Gasteiger partial charge in [-0.05, 0) is 37.0 Å². The standard InChI is InChI=1S/C17H23N2O2/c1-18-16-9-8-15(21-2)10-14(16)12-19(17(18)20)11-13-6-4-3-5-7-13/h8-10,12-13H,3-7,11H2,1-2H3/q+1. The minimum absolute atomic E-state index is 0.0678. The van der Waals surface area contributed by atoms with Crippen molar-refractivity contribution in [3.63, 3.8) is 0 Å². The Morgan fingerprint density at radius 1 is 1.29 bits per heavy atom. The van der Waals surface area contributed by atoms with Crippen LogP contribution in [0, 0.1) is 5.92 Å². The normalized spacial score (nSPS) is 16.3. The molecule has 1 heterocycles. The van der Waals surface area contributed by atoms with Crippen molar-refractivity contribution in [3.8, 4) is 5.75 Å². The number of nitrogens with zero attached hydrogens (tertiary/aromatic N) is 2. The summed E-state index contributed by atoms with van der Waals surface area (Å²) in [6.07, 6.45) is 8.40. The average Bonchev–Trinajstić information content (AvgIpc) is 2.53. The molecule has 1 saturated carbocycles. The van der Waals surface area contributed by atoms with Crippen LogP contribution in [0.1, 0.15) is 32.1 Å². The summed E-state index contributed by atoms with van der Waals surface area (Å²) in [5.41, 5.74) is 1.01. The van der Waals surface area contributed by atoms with Gasteiger partial charge in [0.1, 0.15) is 17.5 Å². The largest absolute Gasteiger partial charge is 0.498 e. The zero-order valence-electron chi connectivity index (χ0n) is 12.8. The minimum Gasteiger partial charge on any atom is -0.497 e. The van der Waals surface area contributed by atoms with Crippen molar-refractivity contribution in [2.24, 2.45) is 13.0 Å². The Labute approximate surface area is 125 Å². The summed E-state index contributed by atoms with van der Waals surface area (Å²) >= 11 is 0. The monoisotopic (exact) mass is 287 g/mol. The molecule has 0 N–H and O–H groups in total. The smallest absolute Gasteiger partial charge is 0.497 e. The molecule has 1 aliphatic rings. The third kappa shape index (κ3) is 2.80. The number of hydrogen-bond donors (Lipinski definition) is 0. The van der Waals surface area contributed by atoms with E-state index in [2.05, 4.69) is 0 Å². The molecule has 0 saturated heterocycles. The van der Waals surface area contributed by atoms with Crippen LogP contribution in [-0.2, 0) is 13.6 Å². The molecule has 0 amide bonds. The lowest BCUT2D eigenvalue weighted by Crippen LogP contribution is -2.55. The van der Waals surface area contributed by atoms with Crippen LogP contribution in [0.5, 0.6) is 5.75 Å². The first-order valence-corrected chi connectivity index (χ1v) is 7.76. The van der Waals surface area contributed by atoms with Gasteiger partial charge in [0.15, 0.2) is 0 Å². The number of hydrogen-bond acceptors (Lipinski definition) is 2. The Bertz CT molecular complexity index is 700. The van der Waals surface area contributed by atoms with Crippen LogP contribution >= 0.6 is 0 Å². The predicted molar refractivity (Wildman–Crippen MR) is 82.5 cm³/mol. The van der Waals surface area contributed by atoms with Gasteiger partial charge in [0.25, 0.3) is 0 Å². The highest BCUT2D eigenvalue weighted by atomic mass is 16.5. The van der Waals surface area contributed by atoms with E-state index in [1.165, 1.54) is 32.1 Å². The third-order valence-corrected chi connectivity index (χ3v) is 4.60. The highest BCUT2D eigenvalue weighted by molar-refractivity contribution is 5.78. The second-order valence-corrected chi connectivity index (χ2v) is 6.05. The summed E-state index contributed by atoms with van der Waals surface area (Å²) in [6.45, 7) is 0.833. The van der Waals surface area contributed by atoms with Crippen LogP contribution in [0.25, 0.3) is 10.9 Å². The van der Waals surface area contributed by atoms with Gasteiger partial charge in [0, 0.05) is 0 Å². The lowest BCUT2D eigenvalue weighted by atomic mass is 9.89. The Hall–Kier alpha value is -1.84. The van der Waals surface area contributed by atoms with Crippen molar-refractivity contribution in [2.45, 2.75) is 38.6 Å². The molecular formula is C17H23N2O2+. The fourth-order valence-corrected chi connectivity index (χ4v) is 3.37. The molecule has 3 rings (SSSR count). The van der Waals surface area contributed by atoms with Crippen molar-refractivity contribution in [2.75, 3.05) is 7.11 Å². The van der Waals surface area contributed by atoms with Crippen molar-refractivity contribution >= 4 is 10.9 Å². The molecule has 0 bridgehead atoms. The molecule has 2 aromatic rings. The zero-order valence-corrected chi connectivity index (χ0v) is 12.8. The highest BCUT2D eigenvalue weighted by Gasteiger charge is 2.20. The summed E-state index contributed by atoms with van der Waals surface area (Å²) < 4.78 is 8.89. The zero-order chi connectivity index (χ0) is 14.8. The van der Waals surface area contributed by atoms with E-state index in [9.17, 15) is 4.79 Å². The highest BCUT2D eigenvalue weighted by Crippen LogP contribution is 2.23. The summed E-state index contributed by atoms with van der Waals surface area (Å²) in [6, 6.07) is 5.83. The Balaban J connectivity index is 2.01. The van der Waals surface area contributed by atoms with E-state index >= 15 is 0 Å². The van der Waals surface area contributed by atoms with E-state index in [-0.39, 0.29) is 5.69 Å². The lowest BCUT2D eigenvalue weighted by Gasteiger charge is -2.19. The predicted octanol–water partition coefficient (Wildman–Crippen LogP) is 2.41. The van der Waals surface area contributed by atoms with Gasteiger partial charge >= 0.3 is 5.69 Å². The van der Waals surface area contributed by atoms with Gasteiger partial charge in [-0.25, -0.2) is 0 Å². The van der Waals surface area contributed by atoms with Crippen molar-refractivity contribution in [1.29, 1.82) is 0 Å². The van der Waals surface area contributed by atoms with Gasteiger partial charge in [-0.1, -0.05) is 19.3 Å². The number of fused-ring (bicyclic) bond motifs is 1. The van der Waals surface area contributed by atoms with E-state index in [0.29, 0.717) is 5.92 Å². The molecule has 0 radical (unpaired) electrons. The second-order valence-electron chi connectivity index (χ2n) is 6.05. The molecule has 0 atom stereocenters. The van der Waals surface area contributed by atoms with E-state index in [4.69, 9.17) is 4.74 Å². The van der Waals surface area contributed by atoms with Crippen LogP contribution in [0.4, 0.5) is 0 Å². The van der Waals surface area contributed by atoms with Gasteiger partial charge < -0.3 is 4.74 Å². The number of aromatic nitrogens is 2. The first-order valence-electron chi connectivity index (χ1n) is 7.76. The molecule has 4 heteroatoms. The molecular weight excluding hydrogens is 264 g/mol. The lowest BCUT2D eigenvalue weighted by molar-refractivity contribution is -0.720. The average molecular weight is 287 g/mol. The van der Waals surface area contributed by atoms with Crippen LogP contribution in [-0.4, -0.2) is 11.7 Å². The van der Waals surface area contributed by atoms with E-state index < -0.39 is 0 Å². The Morgan fingerprint density at radius 3 is 2.76 bits per heavy atom. The maximum absolute atomic E-state index is 12.5. The van der Waals surface area contributed by atoms with Crippen molar-refractivity contribution < 1.29 is 9.30 Å². The molecule has 21 heavy (non-hydrogen) atoms. The molecule has 0 aliphatic heterocycles. The number of ether oxygens (including phenoxy) is 1. The molecule has 1 aromatic heterocycles. The number of aryl methyl sites for hydroxylation is 1. The van der Waals surface area contributed by atoms with Crippen LogP contribution in [0.15, 0.2) is 29.2 Å². The third-order valence-electron chi connectivity index (χ3n) is 4.60. The SMILES string of the molecule is COc1ccc2c(c1)c[n+](CC1CCCCC1)c(=O)n2C. The van der Waals surface area contributed by atoms with Gasteiger partial charge in [-0.2, -0.15) is 13.9 Å². The van der Waals surface area contributed by atoms with Gasteiger partial charge in [-0.3, -0.25) is 0 Å². The number of benzene rings is 1. The first kappa shape index (κ1) is 14.1. The second kappa shape index (κ2) is 5.88. The quantitative estimate of drug-likeness (QED) is 0.813. The summed E-state index contributed by atoms with van der Waals surface area (Å²) in [7, 11) is 3.51. The summed E-state index contributed by atoms with van der Waals surface area (Å²) in [5.74, 6) is 1.46. The van der Waals surface area contributed by atoms with Gasteiger partial charge in [0.05, 0.1) is 26.1 Å². The van der Waals surface area contributed by atoms with E-state index in [1.807, 2.05) is 36.0 Å². The van der Waals surface area contributed by atoms with E-state index in [0.717, 1.165) is 23.2 Å². The molecule has 0 unspecified atom stereocenters. The Morgan fingerprint density at radius 2 is 2.05 bits per heavy atom. The van der Waals surface area contributed by atoms with E-state index in [1.54, 1.807) is 11.7 Å². The number of methoxy groups -OCH3 is 1. The maximum atomic E-state index is 12.5. The van der Waals surface area contributed by atoms with Crippen LogP contribution in [0.2, 0.25) is 0 Å². The first-order chi connectivity index (χ1) is 10.2. The molecule has 0 spiro atoms. The van der Waals surface area contributed by atoms with Gasteiger partial charge in [-0.15, -0.1) is 0 Å². The maximum Gasteiger partial charge on any atom is 0.498 e. The molecule has 1 aliphatic carbocycles. The topological polar surface area (TPSA) is 35.1 Å². The summed E-state index contributed by atoms with van der Waals surface area (Å²) in [4.78, 5) is 12.5. The number of rotatable bonds is 3. The fraction of sp³-hybridized carbons (Fsp3) is 0.529. The summed E-state index contributed by atoms with van der Waals surface area (Å²) in [5, 5.41) is 1.05. The van der Waals surface area contributed by atoms with Crippen LogP contribution < -0.4 is 15.0 Å². The van der Waals surface area contributed by atoms with Crippen molar-refractivity contribution in [3.05, 3.63) is 34.9 Å². The molecule has 1 aromatic carbocycles.